The number of nitro benzene ring substituents is 1. The van der Waals surface area contributed by atoms with Crippen molar-refractivity contribution in [2.75, 3.05) is 12.5 Å². The van der Waals surface area contributed by atoms with E-state index in [0.717, 1.165) is 11.0 Å². The van der Waals surface area contributed by atoms with Crippen LogP contribution in [0.5, 0.6) is 5.75 Å². The maximum Gasteiger partial charge on any atom is 0.311 e. The van der Waals surface area contributed by atoms with Crippen molar-refractivity contribution in [1.82, 2.24) is 4.98 Å². The van der Waals surface area contributed by atoms with Gasteiger partial charge in [0, 0.05) is 22.4 Å². The molecule has 4 rings (SSSR count). The van der Waals surface area contributed by atoms with Gasteiger partial charge in [-0.15, -0.1) is 11.3 Å². The zero-order valence-corrected chi connectivity index (χ0v) is 16.4. The number of thiazole rings is 1. The molecule has 0 saturated carbocycles. The third-order valence-corrected chi connectivity index (χ3v) is 5.04. The van der Waals surface area contributed by atoms with Gasteiger partial charge in [0.2, 0.25) is 5.13 Å². The average Bonchev–Trinajstić information content (AvgIpc) is 3.38. The minimum absolute atomic E-state index is 0.110. The fourth-order valence-corrected chi connectivity index (χ4v) is 3.44. The minimum Gasteiger partial charge on any atom is -0.490 e. The minimum atomic E-state index is -0.483. The van der Waals surface area contributed by atoms with Crippen LogP contribution >= 0.6 is 11.3 Å². The van der Waals surface area contributed by atoms with Gasteiger partial charge >= 0.3 is 5.69 Å². The molecule has 0 radical (unpaired) electrons. The van der Waals surface area contributed by atoms with Crippen LogP contribution in [0.3, 0.4) is 0 Å². The van der Waals surface area contributed by atoms with E-state index in [4.69, 9.17) is 9.15 Å². The number of hydrogen-bond donors (Lipinski definition) is 1. The first-order valence-electron chi connectivity index (χ1n) is 8.63. The first kappa shape index (κ1) is 18.6. The molecule has 146 valence electrons. The molecule has 0 amide bonds. The van der Waals surface area contributed by atoms with Gasteiger partial charge in [-0.05, 0) is 31.2 Å². The highest BCUT2D eigenvalue weighted by Gasteiger charge is 2.16. The molecule has 0 saturated heterocycles. The molecule has 2 aromatic heterocycles. The Balaban J connectivity index is 1.53. The lowest BCUT2D eigenvalue weighted by molar-refractivity contribution is -0.385. The summed E-state index contributed by atoms with van der Waals surface area (Å²) in [4.78, 5) is 15.2. The number of hydrogen-bond acceptors (Lipinski definition) is 8. The van der Waals surface area contributed by atoms with E-state index in [2.05, 4.69) is 15.5 Å². The number of rotatable bonds is 6. The van der Waals surface area contributed by atoms with Crippen LogP contribution in [0.2, 0.25) is 0 Å². The van der Waals surface area contributed by atoms with E-state index >= 15 is 0 Å². The number of nitrogens with one attached hydrogen (secondary N) is 1. The van der Waals surface area contributed by atoms with Crippen molar-refractivity contribution in [3.8, 4) is 17.2 Å². The summed E-state index contributed by atoms with van der Waals surface area (Å²) in [5, 5.41) is 19.0. The van der Waals surface area contributed by atoms with Crippen LogP contribution in [0.1, 0.15) is 12.5 Å². The average molecular weight is 408 g/mol. The molecular formula is C20H16N4O4S. The Labute approximate surface area is 169 Å². The van der Waals surface area contributed by atoms with E-state index in [1.807, 2.05) is 35.7 Å². The summed E-state index contributed by atoms with van der Waals surface area (Å²) in [6.07, 6.45) is 0. The monoisotopic (exact) mass is 408 g/mol. The van der Waals surface area contributed by atoms with Crippen molar-refractivity contribution in [3.63, 3.8) is 0 Å². The number of methoxy groups -OCH3 is 1. The summed E-state index contributed by atoms with van der Waals surface area (Å²) in [7, 11) is 1.40. The van der Waals surface area contributed by atoms with Crippen molar-refractivity contribution in [3.05, 3.63) is 69.6 Å². The zero-order chi connectivity index (χ0) is 20.4. The van der Waals surface area contributed by atoms with E-state index in [9.17, 15) is 10.1 Å². The Bertz CT molecular complexity index is 1200. The molecule has 2 aromatic carbocycles. The van der Waals surface area contributed by atoms with Crippen molar-refractivity contribution in [2.45, 2.75) is 6.92 Å². The van der Waals surface area contributed by atoms with Gasteiger partial charge in [0.25, 0.3) is 0 Å². The number of nitro groups is 1. The van der Waals surface area contributed by atoms with Crippen LogP contribution in [-0.2, 0) is 0 Å². The number of aromatic nitrogens is 1. The van der Waals surface area contributed by atoms with Crippen molar-refractivity contribution >= 4 is 38.8 Å². The van der Waals surface area contributed by atoms with Crippen LogP contribution in [0.4, 0.5) is 10.8 Å². The first-order valence-corrected chi connectivity index (χ1v) is 9.50. The molecule has 29 heavy (non-hydrogen) atoms. The molecule has 4 aromatic rings. The Morgan fingerprint density at radius 2 is 2.10 bits per heavy atom. The molecule has 8 nitrogen and oxygen atoms in total. The predicted octanol–water partition coefficient (Wildman–Crippen LogP) is 5.31. The largest absolute Gasteiger partial charge is 0.490 e. The third kappa shape index (κ3) is 3.81. The molecule has 1 N–H and O–H groups in total. The van der Waals surface area contributed by atoms with Crippen molar-refractivity contribution in [1.29, 1.82) is 0 Å². The Kier molecular flexibility index (Phi) is 4.96. The zero-order valence-electron chi connectivity index (χ0n) is 15.6. The number of benzene rings is 2. The normalized spacial score (nSPS) is 11.6. The number of para-hydroxylation sites is 1. The Hall–Kier alpha value is -3.72. The number of furan rings is 1. The highest BCUT2D eigenvalue weighted by Crippen LogP contribution is 2.30. The highest BCUT2D eigenvalue weighted by atomic mass is 32.1. The number of anilines is 1. The second-order valence-corrected chi connectivity index (χ2v) is 7.00. The predicted molar refractivity (Wildman–Crippen MR) is 113 cm³/mol. The lowest BCUT2D eigenvalue weighted by atomic mass is 10.1. The molecule has 0 spiro atoms. The number of ether oxygens (including phenoxy) is 1. The topological polar surface area (TPSA) is 103 Å². The molecule has 0 fully saturated rings. The van der Waals surface area contributed by atoms with Crippen LogP contribution in [0.25, 0.3) is 22.4 Å². The summed E-state index contributed by atoms with van der Waals surface area (Å²) < 4.78 is 10.8. The van der Waals surface area contributed by atoms with Gasteiger partial charge < -0.3 is 9.15 Å². The van der Waals surface area contributed by atoms with Gasteiger partial charge in [-0.3, -0.25) is 15.5 Å². The summed E-state index contributed by atoms with van der Waals surface area (Å²) in [6.45, 7) is 1.76. The molecule has 9 heteroatoms. The summed E-state index contributed by atoms with van der Waals surface area (Å²) in [5.74, 6) is 0.886. The van der Waals surface area contributed by atoms with Gasteiger partial charge in [0.15, 0.2) is 11.5 Å². The first-order chi connectivity index (χ1) is 14.0. The molecule has 0 atom stereocenters. The van der Waals surface area contributed by atoms with Gasteiger partial charge in [0.1, 0.15) is 11.3 Å². The van der Waals surface area contributed by atoms with Gasteiger partial charge in [-0.1, -0.05) is 18.2 Å². The Morgan fingerprint density at radius 1 is 1.28 bits per heavy atom. The quantitative estimate of drug-likeness (QED) is 0.263. The molecule has 0 unspecified atom stereocenters. The number of hydrazone groups is 1. The smallest absolute Gasteiger partial charge is 0.311 e. The van der Waals surface area contributed by atoms with E-state index in [1.54, 1.807) is 19.1 Å². The van der Waals surface area contributed by atoms with Crippen molar-refractivity contribution < 1.29 is 14.1 Å². The maximum atomic E-state index is 11.2. The maximum absolute atomic E-state index is 11.2. The molecule has 0 aliphatic heterocycles. The number of nitrogens with zero attached hydrogens (tertiary/aromatic N) is 3. The fraction of sp³-hybridized carbons (Fsp3) is 0.100. The van der Waals surface area contributed by atoms with Crippen LogP contribution in [-0.4, -0.2) is 22.7 Å². The summed E-state index contributed by atoms with van der Waals surface area (Å²) in [6, 6.07) is 14.4. The number of fused-ring (bicyclic) bond motifs is 1. The van der Waals surface area contributed by atoms with Gasteiger partial charge in [-0.25, -0.2) is 4.98 Å². The van der Waals surface area contributed by atoms with Crippen molar-refractivity contribution in [2.24, 2.45) is 5.10 Å². The highest BCUT2D eigenvalue weighted by molar-refractivity contribution is 7.14. The van der Waals surface area contributed by atoms with E-state index in [0.29, 0.717) is 27.9 Å². The lowest BCUT2D eigenvalue weighted by Gasteiger charge is -2.05. The van der Waals surface area contributed by atoms with E-state index < -0.39 is 4.92 Å². The van der Waals surface area contributed by atoms with Crippen LogP contribution in [0.15, 0.2) is 63.4 Å². The van der Waals surface area contributed by atoms with Gasteiger partial charge in [0.05, 0.1) is 17.7 Å². The second kappa shape index (κ2) is 7.72. The molecule has 0 bridgehead atoms. The van der Waals surface area contributed by atoms with Crippen LogP contribution < -0.4 is 10.2 Å². The summed E-state index contributed by atoms with van der Waals surface area (Å²) >= 11 is 1.39. The van der Waals surface area contributed by atoms with E-state index in [-0.39, 0.29) is 11.4 Å². The van der Waals surface area contributed by atoms with E-state index in [1.165, 1.54) is 24.5 Å². The fourth-order valence-electron chi connectivity index (χ4n) is 2.80. The Morgan fingerprint density at radius 3 is 2.86 bits per heavy atom. The van der Waals surface area contributed by atoms with Gasteiger partial charge in [-0.2, -0.15) is 5.10 Å². The SMILES string of the molecule is COc1ccc(/C(C)=N/Nc2nc(-c3cc4ccccc4o3)cs2)cc1[N+](=O)[O-]. The molecule has 2 heterocycles. The lowest BCUT2D eigenvalue weighted by Crippen LogP contribution is -2.02. The summed E-state index contributed by atoms with van der Waals surface area (Å²) in [5.41, 5.74) is 5.49. The third-order valence-electron chi connectivity index (χ3n) is 4.29. The molecule has 0 aliphatic carbocycles. The molecule has 0 aliphatic rings. The van der Waals surface area contributed by atoms with Crippen LogP contribution in [0, 0.1) is 10.1 Å². The second-order valence-electron chi connectivity index (χ2n) is 6.14. The molecular weight excluding hydrogens is 392 g/mol. The standard InChI is InChI=1S/C20H16N4O4S/c1-12(13-7-8-18(27-2)16(9-13)24(25)26)22-23-20-21-15(11-29-20)19-10-14-5-3-4-6-17(14)28-19/h3-11H,1-2H3,(H,21,23)/b22-12+.